The van der Waals surface area contributed by atoms with E-state index in [0.29, 0.717) is 17.0 Å². The maximum atomic E-state index is 13.4. The van der Waals surface area contributed by atoms with Crippen LogP contribution in [-0.2, 0) is 14.3 Å². The summed E-state index contributed by atoms with van der Waals surface area (Å²) < 4.78 is 11.5. The number of alkyl carbamates (subject to hydrolysis) is 1. The molecule has 0 radical (unpaired) electrons. The molecule has 8 heteroatoms. The third kappa shape index (κ3) is 4.89. The molecule has 158 valence electrons. The van der Waals surface area contributed by atoms with Gasteiger partial charge in [0.2, 0.25) is 0 Å². The summed E-state index contributed by atoms with van der Waals surface area (Å²) in [4.78, 5) is 38.5. The van der Waals surface area contributed by atoms with Crippen LogP contribution in [-0.4, -0.2) is 41.3 Å². The molecule has 0 spiro atoms. The number of rotatable bonds is 4. The number of amides is 2. The molecule has 0 bridgehead atoms. The standard InChI is InChI=1S/C22H24N2O6/c1-22(2,3)30-21(28)23-18-19(14-9-5-4-6-10-14)29-16-12-8-7-11-15(16)24(20(18)27)13-17(25)26/h4-12,18-19H,13H2,1-3H3,(H,23,28)(H,25,26)/t18-,19+/m1/s1. The molecule has 2 N–H and O–H groups in total. The van der Waals surface area contributed by atoms with Crippen LogP contribution in [0.1, 0.15) is 32.4 Å². The van der Waals surface area contributed by atoms with E-state index in [1.807, 2.05) is 6.07 Å². The number of hydrogen-bond donors (Lipinski definition) is 2. The average molecular weight is 412 g/mol. The maximum Gasteiger partial charge on any atom is 0.408 e. The van der Waals surface area contributed by atoms with Crippen LogP contribution >= 0.6 is 0 Å². The van der Waals surface area contributed by atoms with Gasteiger partial charge in [-0.3, -0.25) is 14.5 Å². The summed E-state index contributed by atoms with van der Waals surface area (Å²) in [6, 6.07) is 14.4. The van der Waals surface area contributed by atoms with Crippen LogP contribution in [0, 0.1) is 0 Å². The maximum absolute atomic E-state index is 13.4. The van der Waals surface area contributed by atoms with Crippen molar-refractivity contribution in [1.29, 1.82) is 0 Å². The SMILES string of the molecule is CC(C)(C)OC(=O)N[C@H]1C(=O)N(CC(=O)O)c2ccccc2O[C@H]1c1ccccc1. The van der Waals surface area contributed by atoms with Crippen LogP contribution in [0.15, 0.2) is 54.6 Å². The largest absolute Gasteiger partial charge is 0.481 e. The molecule has 0 aliphatic carbocycles. The minimum absolute atomic E-state index is 0.319. The van der Waals surface area contributed by atoms with Gasteiger partial charge in [-0.05, 0) is 38.5 Å². The van der Waals surface area contributed by atoms with Crippen molar-refractivity contribution in [3.8, 4) is 5.75 Å². The molecule has 2 aromatic rings. The lowest BCUT2D eigenvalue weighted by Gasteiger charge is -2.28. The van der Waals surface area contributed by atoms with Crippen molar-refractivity contribution in [2.24, 2.45) is 0 Å². The molecule has 0 saturated heterocycles. The fraction of sp³-hybridized carbons (Fsp3) is 0.318. The quantitative estimate of drug-likeness (QED) is 0.799. The summed E-state index contributed by atoms with van der Waals surface area (Å²) in [5.74, 6) is -1.45. The lowest BCUT2D eigenvalue weighted by molar-refractivity contribution is -0.137. The van der Waals surface area contributed by atoms with Gasteiger partial charge < -0.3 is 19.9 Å². The van der Waals surface area contributed by atoms with Crippen LogP contribution in [0.25, 0.3) is 0 Å². The predicted octanol–water partition coefficient (Wildman–Crippen LogP) is 3.13. The zero-order chi connectivity index (χ0) is 21.9. The minimum Gasteiger partial charge on any atom is -0.481 e. The van der Waals surface area contributed by atoms with E-state index in [0.717, 1.165) is 4.90 Å². The van der Waals surface area contributed by atoms with Crippen LogP contribution in [0.4, 0.5) is 10.5 Å². The van der Waals surface area contributed by atoms with Crippen LogP contribution < -0.4 is 15.0 Å². The van der Waals surface area contributed by atoms with E-state index < -0.39 is 42.3 Å². The number of fused-ring (bicyclic) bond motifs is 1. The lowest BCUT2D eigenvalue weighted by atomic mass is 10.0. The van der Waals surface area contributed by atoms with E-state index in [2.05, 4.69) is 5.32 Å². The average Bonchev–Trinajstić information content (AvgIpc) is 2.77. The second-order valence-electron chi connectivity index (χ2n) is 7.86. The number of ether oxygens (including phenoxy) is 2. The topological polar surface area (TPSA) is 105 Å². The van der Waals surface area contributed by atoms with E-state index in [9.17, 15) is 19.5 Å². The fourth-order valence-electron chi connectivity index (χ4n) is 3.17. The van der Waals surface area contributed by atoms with Gasteiger partial charge >= 0.3 is 12.1 Å². The Labute approximate surface area is 174 Å². The Kier molecular flexibility index (Phi) is 5.96. The van der Waals surface area contributed by atoms with Crippen molar-refractivity contribution in [2.45, 2.75) is 38.5 Å². The van der Waals surface area contributed by atoms with E-state index in [1.54, 1.807) is 69.3 Å². The van der Waals surface area contributed by atoms with Gasteiger partial charge in [-0.25, -0.2) is 4.79 Å². The van der Waals surface area contributed by atoms with E-state index >= 15 is 0 Å². The smallest absolute Gasteiger partial charge is 0.408 e. The van der Waals surface area contributed by atoms with Crippen molar-refractivity contribution in [3.63, 3.8) is 0 Å². The number of nitrogens with zero attached hydrogens (tertiary/aromatic N) is 1. The first-order valence-electron chi connectivity index (χ1n) is 9.49. The number of aliphatic carboxylic acids is 1. The first kappa shape index (κ1) is 21.2. The Hall–Kier alpha value is -3.55. The van der Waals surface area contributed by atoms with Gasteiger partial charge in [0.1, 0.15) is 17.9 Å². The molecule has 8 nitrogen and oxygen atoms in total. The Balaban J connectivity index is 2.06. The number of nitrogens with one attached hydrogen (secondary N) is 1. The van der Waals surface area contributed by atoms with Gasteiger partial charge in [0.05, 0.1) is 5.69 Å². The lowest BCUT2D eigenvalue weighted by Crippen LogP contribution is -2.53. The van der Waals surface area contributed by atoms with Crippen molar-refractivity contribution < 1.29 is 29.0 Å². The number of benzene rings is 2. The Morgan fingerprint density at radius 3 is 2.37 bits per heavy atom. The highest BCUT2D eigenvalue weighted by Gasteiger charge is 2.41. The number of carboxylic acids is 1. The molecule has 0 aromatic heterocycles. The second-order valence-corrected chi connectivity index (χ2v) is 7.86. The Bertz CT molecular complexity index is 938. The molecular weight excluding hydrogens is 388 g/mol. The molecule has 30 heavy (non-hydrogen) atoms. The molecule has 1 aliphatic rings. The van der Waals surface area contributed by atoms with Crippen LogP contribution in [0.5, 0.6) is 5.75 Å². The number of para-hydroxylation sites is 2. The van der Waals surface area contributed by atoms with Crippen LogP contribution in [0.2, 0.25) is 0 Å². The predicted molar refractivity (Wildman–Crippen MR) is 109 cm³/mol. The van der Waals surface area contributed by atoms with Gasteiger partial charge in [-0.15, -0.1) is 0 Å². The summed E-state index contributed by atoms with van der Waals surface area (Å²) >= 11 is 0. The highest BCUT2D eigenvalue weighted by molar-refractivity contribution is 6.03. The molecule has 1 aliphatic heterocycles. The first-order chi connectivity index (χ1) is 14.2. The summed E-state index contributed by atoms with van der Waals surface area (Å²) in [7, 11) is 0. The Morgan fingerprint density at radius 1 is 1.10 bits per heavy atom. The van der Waals surface area contributed by atoms with E-state index in [-0.39, 0.29) is 0 Å². The Morgan fingerprint density at radius 2 is 1.73 bits per heavy atom. The molecule has 3 rings (SSSR count). The van der Waals surface area contributed by atoms with Crippen molar-refractivity contribution in [2.75, 3.05) is 11.4 Å². The molecule has 0 saturated carbocycles. The molecule has 2 aromatic carbocycles. The van der Waals surface area contributed by atoms with Gasteiger partial charge in [0.15, 0.2) is 12.1 Å². The zero-order valence-corrected chi connectivity index (χ0v) is 17.0. The van der Waals surface area contributed by atoms with Gasteiger partial charge in [0.25, 0.3) is 5.91 Å². The van der Waals surface area contributed by atoms with E-state index in [4.69, 9.17) is 9.47 Å². The number of carbonyl (C=O) groups excluding carboxylic acids is 2. The summed E-state index contributed by atoms with van der Waals surface area (Å²) in [5, 5.41) is 11.9. The molecule has 2 amide bonds. The number of hydrogen-bond acceptors (Lipinski definition) is 5. The second kappa shape index (κ2) is 8.44. The third-order valence-electron chi connectivity index (χ3n) is 4.34. The van der Waals surface area contributed by atoms with Gasteiger partial charge in [-0.2, -0.15) is 0 Å². The molecule has 2 atom stereocenters. The number of carboxylic acid groups (broad SMARTS) is 1. The molecule has 0 unspecified atom stereocenters. The van der Waals surface area contributed by atoms with Crippen molar-refractivity contribution in [1.82, 2.24) is 5.32 Å². The van der Waals surface area contributed by atoms with E-state index in [1.165, 1.54) is 0 Å². The van der Waals surface area contributed by atoms with Crippen molar-refractivity contribution in [3.05, 3.63) is 60.2 Å². The zero-order valence-electron chi connectivity index (χ0n) is 17.0. The molecule has 1 heterocycles. The minimum atomic E-state index is -1.20. The summed E-state index contributed by atoms with van der Waals surface area (Å²) in [5.41, 5.74) is 0.197. The first-order valence-corrected chi connectivity index (χ1v) is 9.49. The normalized spacial score (nSPS) is 18.6. The van der Waals surface area contributed by atoms with Crippen molar-refractivity contribution >= 4 is 23.7 Å². The summed E-state index contributed by atoms with van der Waals surface area (Å²) in [6.45, 7) is 4.55. The molecular formula is C22H24N2O6. The van der Waals surface area contributed by atoms with Gasteiger partial charge in [0, 0.05) is 0 Å². The number of anilines is 1. The monoisotopic (exact) mass is 412 g/mol. The fourth-order valence-corrected chi connectivity index (χ4v) is 3.17. The summed E-state index contributed by atoms with van der Waals surface area (Å²) in [6.07, 6.45) is -1.68. The highest BCUT2D eigenvalue weighted by Crippen LogP contribution is 2.37. The van der Waals surface area contributed by atoms with Gasteiger partial charge in [-0.1, -0.05) is 42.5 Å². The third-order valence-corrected chi connectivity index (χ3v) is 4.34. The number of carbonyl (C=O) groups is 3. The van der Waals surface area contributed by atoms with Crippen LogP contribution in [0.3, 0.4) is 0 Å². The highest BCUT2D eigenvalue weighted by atomic mass is 16.6. The molecule has 0 fully saturated rings.